The standard InChI is InChI=1S/C11H11N3O4.HNO3/c12-9(11(15)16)3-6-5-13-10-4-7(14(17)18)1-2-8(6)10;2-1(3)4/h1-2,4-5,9,13H,3,12H2,(H,15,16);(H,2,3,4). The van der Waals surface area contributed by atoms with Gasteiger partial charge >= 0.3 is 5.97 Å². The highest BCUT2D eigenvalue weighted by Crippen LogP contribution is 2.23. The second-order valence-electron chi connectivity index (χ2n) is 4.19. The van der Waals surface area contributed by atoms with Crippen molar-refractivity contribution >= 4 is 22.6 Å². The summed E-state index contributed by atoms with van der Waals surface area (Å²) >= 11 is 0. The molecule has 0 bridgehead atoms. The predicted octanol–water partition coefficient (Wildman–Crippen LogP) is 0.683. The van der Waals surface area contributed by atoms with Crippen LogP contribution in [0.5, 0.6) is 0 Å². The summed E-state index contributed by atoms with van der Waals surface area (Å²) in [7, 11) is 0. The molecule has 0 amide bonds. The quantitative estimate of drug-likeness (QED) is 0.468. The van der Waals surface area contributed by atoms with Gasteiger partial charge in [-0.15, -0.1) is 10.1 Å². The van der Waals surface area contributed by atoms with Crippen molar-refractivity contribution in [2.75, 3.05) is 0 Å². The summed E-state index contributed by atoms with van der Waals surface area (Å²) in [5, 5.41) is 33.7. The maximum absolute atomic E-state index is 10.7. The summed E-state index contributed by atoms with van der Waals surface area (Å²) < 4.78 is 0. The monoisotopic (exact) mass is 312 g/mol. The third kappa shape index (κ3) is 4.42. The summed E-state index contributed by atoms with van der Waals surface area (Å²) in [5.41, 5.74) is 6.77. The van der Waals surface area contributed by atoms with Gasteiger partial charge in [0.05, 0.1) is 10.4 Å². The molecule has 0 spiro atoms. The van der Waals surface area contributed by atoms with E-state index in [0.29, 0.717) is 5.52 Å². The molecule has 0 saturated carbocycles. The molecular formula is C11H12N4O7. The number of nitro benzene ring substituents is 1. The van der Waals surface area contributed by atoms with Gasteiger partial charge in [0.1, 0.15) is 6.04 Å². The zero-order valence-electron chi connectivity index (χ0n) is 11.0. The average Bonchev–Trinajstić information content (AvgIpc) is 2.80. The molecule has 5 N–H and O–H groups in total. The Morgan fingerprint density at radius 1 is 1.36 bits per heavy atom. The lowest BCUT2D eigenvalue weighted by molar-refractivity contribution is -0.742. The van der Waals surface area contributed by atoms with Crippen LogP contribution >= 0.6 is 0 Å². The highest BCUT2D eigenvalue weighted by atomic mass is 16.9. The predicted molar refractivity (Wildman–Crippen MR) is 73.0 cm³/mol. The number of nitro groups is 1. The van der Waals surface area contributed by atoms with Crippen LogP contribution < -0.4 is 5.73 Å². The number of H-pyrrole nitrogens is 1. The largest absolute Gasteiger partial charge is 0.480 e. The number of non-ortho nitro benzene ring substituents is 1. The number of carboxylic acids is 1. The molecule has 1 heterocycles. The number of hydrogen-bond acceptors (Lipinski definition) is 6. The van der Waals surface area contributed by atoms with E-state index in [4.69, 9.17) is 26.2 Å². The lowest BCUT2D eigenvalue weighted by Gasteiger charge is -2.04. The first-order valence-corrected chi connectivity index (χ1v) is 5.78. The van der Waals surface area contributed by atoms with E-state index in [1.807, 2.05) is 0 Å². The van der Waals surface area contributed by atoms with E-state index in [-0.39, 0.29) is 12.1 Å². The number of aliphatic carboxylic acids is 1. The number of aromatic amines is 1. The molecule has 0 saturated heterocycles. The van der Waals surface area contributed by atoms with E-state index in [1.165, 1.54) is 12.1 Å². The van der Waals surface area contributed by atoms with E-state index >= 15 is 0 Å². The van der Waals surface area contributed by atoms with Gasteiger partial charge in [-0.1, -0.05) is 0 Å². The Bertz CT molecular complexity index is 708. The van der Waals surface area contributed by atoms with Crippen LogP contribution in [0.25, 0.3) is 10.9 Å². The molecule has 0 aliphatic rings. The zero-order chi connectivity index (χ0) is 16.9. The van der Waals surface area contributed by atoms with Crippen LogP contribution in [-0.2, 0) is 11.2 Å². The van der Waals surface area contributed by atoms with Crippen molar-refractivity contribution in [2.24, 2.45) is 5.73 Å². The minimum Gasteiger partial charge on any atom is -0.480 e. The first-order chi connectivity index (χ1) is 10.2. The van der Waals surface area contributed by atoms with Crippen molar-refractivity contribution in [2.45, 2.75) is 12.5 Å². The van der Waals surface area contributed by atoms with Crippen molar-refractivity contribution in [1.82, 2.24) is 4.98 Å². The van der Waals surface area contributed by atoms with Gasteiger partial charge in [0.15, 0.2) is 0 Å². The average molecular weight is 312 g/mol. The molecule has 2 aromatic rings. The molecule has 0 fully saturated rings. The molecule has 0 aliphatic carbocycles. The lowest BCUT2D eigenvalue weighted by atomic mass is 10.1. The minimum atomic E-state index is -1.50. The molecular weight excluding hydrogens is 300 g/mol. The fourth-order valence-corrected chi connectivity index (χ4v) is 1.78. The molecule has 118 valence electrons. The van der Waals surface area contributed by atoms with Crippen LogP contribution in [-0.4, -0.2) is 37.3 Å². The Labute approximate surface area is 122 Å². The Hall–Kier alpha value is -3.21. The van der Waals surface area contributed by atoms with E-state index in [2.05, 4.69) is 4.98 Å². The maximum Gasteiger partial charge on any atom is 0.320 e. The normalized spacial score (nSPS) is 11.3. The Balaban J connectivity index is 0.000000541. The van der Waals surface area contributed by atoms with Gasteiger partial charge in [-0.05, 0) is 11.6 Å². The number of hydrogen-bond donors (Lipinski definition) is 4. The number of carbonyl (C=O) groups is 1. The van der Waals surface area contributed by atoms with Crippen molar-refractivity contribution in [3.05, 3.63) is 50.2 Å². The van der Waals surface area contributed by atoms with Crippen LogP contribution in [0.3, 0.4) is 0 Å². The molecule has 0 aliphatic heterocycles. The van der Waals surface area contributed by atoms with Crippen LogP contribution in [0, 0.1) is 20.2 Å². The van der Waals surface area contributed by atoms with Crippen molar-refractivity contribution in [3.63, 3.8) is 0 Å². The number of nitrogens with one attached hydrogen (secondary N) is 1. The van der Waals surface area contributed by atoms with Crippen LogP contribution in [0.2, 0.25) is 0 Å². The van der Waals surface area contributed by atoms with Gasteiger partial charge in [0, 0.05) is 30.1 Å². The third-order valence-electron chi connectivity index (χ3n) is 2.72. The number of nitrogens with two attached hydrogens (primary N) is 1. The number of nitrogens with zero attached hydrogens (tertiary/aromatic N) is 2. The molecule has 11 nitrogen and oxygen atoms in total. The van der Waals surface area contributed by atoms with Gasteiger partial charge in [-0.3, -0.25) is 14.9 Å². The first-order valence-electron chi connectivity index (χ1n) is 5.78. The Morgan fingerprint density at radius 3 is 2.45 bits per heavy atom. The van der Waals surface area contributed by atoms with Gasteiger partial charge in [0.25, 0.3) is 10.8 Å². The second-order valence-corrected chi connectivity index (χ2v) is 4.19. The minimum absolute atomic E-state index is 0.0153. The maximum atomic E-state index is 10.7. The topological polar surface area (TPSA) is 186 Å². The molecule has 22 heavy (non-hydrogen) atoms. The summed E-state index contributed by atoms with van der Waals surface area (Å²) in [4.78, 5) is 32.0. The summed E-state index contributed by atoms with van der Waals surface area (Å²) in [6.45, 7) is 0. The Morgan fingerprint density at radius 2 is 1.95 bits per heavy atom. The molecule has 1 atom stereocenters. The molecule has 0 radical (unpaired) electrons. The number of carboxylic acid groups (broad SMARTS) is 1. The number of benzene rings is 1. The molecule has 1 aromatic carbocycles. The molecule has 1 unspecified atom stereocenters. The molecule has 11 heteroatoms. The molecule has 2 rings (SSSR count). The summed E-state index contributed by atoms with van der Waals surface area (Å²) in [5.74, 6) is -1.08. The smallest absolute Gasteiger partial charge is 0.320 e. The van der Waals surface area contributed by atoms with E-state index in [9.17, 15) is 14.9 Å². The number of rotatable bonds is 4. The number of aromatic nitrogens is 1. The fourth-order valence-electron chi connectivity index (χ4n) is 1.78. The Kier molecular flexibility index (Phi) is 5.35. The zero-order valence-corrected chi connectivity index (χ0v) is 11.0. The van der Waals surface area contributed by atoms with Crippen molar-refractivity contribution in [1.29, 1.82) is 0 Å². The number of fused-ring (bicyclic) bond motifs is 1. The van der Waals surface area contributed by atoms with Gasteiger partial charge in [0.2, 0.25) is 0 Å². The van der Waals surface area contributed by atoms with Crippen molar-refractivity contribution in [3.8, 4) is 0 Å². The van der Waals surface area contributed by atoms with Crippen LogP contribution in [0.1, 0.15) is 5.56 Å². The lowest BCUT2D eigenvalue weighted by Crippen LogP contribution is -2.32. The van der Waals surface area contributed by atoms with E-state index in [0.717, 1.165) is 10.9 Å². The van der Waals surface area contributed by atoms with Gasteiger partial charge in [-0.25, -0.2) is 0 Å². The van der Waals surface area contributed by atoms with E-state index in [1.54, 1.807) is 12.3 Å². The highest BCUT2D eigenvalue weighted by Gasteiger charge is 2.16. The second kappa shape index (κ2) is 6.99. The summed E-state index contributed by atoms with van der Waals surface area (Å²) in [6, 6.07) is 3.39. The first kappa shape index (κ1) is 16.8. The molecule has 1 aromatic heterocycles. The van der Waals surface area contributed by atoms with E-state index < -0.39 is 22.0 Å². The van der Waals surface area contributed by atoms with Gasteiger partial charge in [-0.2, -0.15) is 0 Å². The third-order valence-corrected chi connectivity index (χ3v) is 2.72. The van der Waals surface area contributed by atoms with Crippen LogP contribution in [0.15, 0.2) is 24.4 Å². The van der Waals surface area contributed by atoms with Crippen molar-refractivity contribution < 1.29 is 25.1 Å². The SMILES string of the molecule is NC(Cc1c[nH]c2cc([N+](=O)[O-])ccc12)C(=O)O.O=[N+]([O-])O. The summed E-state index contributed by atoms with van der Waals surface area (Å²) in [6.07, 6.45) is 1.80. The fraction of sp³-hybridized carbons (Fsp3) is 0.182. The van der Waals surface area contributed by atoms with Gasteiger partial charge < -0.3 is 21.0 Å². The highest BCUT2D eigenvalue weighted by molar-refractivity contribution is 5.86. The van der Waals surface area contributed by atoms with Crippen LogP contribution in [0.4, 0.5) is 5.69 Å².